The Morgan fingerprint density at radius 3 is 1.67 bits per heavy atom. The molecule has 2 aliphatic heterocycles. The lowest BCUT2D eigenvalue weighted by atomic mass is 9.33. The topological polar surface area (TPSA) is 6.48 Å². The molecule has 2 heterocycles. The van der Waals surface area contributed by atoms with E-state index in [-0.39, 0.29) is 39.2 Å². The highest BCUT2D eigenvalue weighted by Gasteiger charge is 2.48. The Bertz CT molecular complexity index is 3010. The predicted octanol–water partition coefficient (Wildman–Crippen LogP) is 16.8. The summed E-state index contributed by atoms with van der Waals surface area (Å²) in [5, 5.41) is 0. The van der Waals surface area contributed by atoms with Crippen molar-refractivity contribution in [1.82, 2.24) is 0 Å². The zero-order chi connectivity index (χ0) is 49.4. The first-order valence-electron chi connectivity index (χ1n) is 26.8. The Balaban J connectivity index is 1.35. The Morgan fingerprint density at radius 1 is 0.536 bits per heavy atom. The van der Waals surface area contributed by atoms with Crippen LogP contribution in [0, 0.1) is 6.92 Å². The van der Waals surface area contributed by atoms with E-state index in [4.69, 9.17) is 0 Å². The first-order valence-corrected chi connectivity index (χ1v) is 26.8. The van der Waals surface area contributed by atoms with E-state index in [1.165, 1.54) is 151 Å². The Hall–Kier alpha value is -5.02. The van der Waals surface area contributed by atoms with Crippen LogP contribution in [0.3, 0.4) is 0 Å². The van der Waals surface area contributed by atoms with Gasteiger partial charge in [0.05, 0.1) is 5.69 Å². The van der Waals surface area contributed by atoms with Gasteiger partial charge in [-0.2, -0.15) is 0 Å². The molecule has 2 nitrogen and oxygen atoms in total. The van der Waals surface area contributed by atoms with Crippen LogP contribution < -0.4 is 26.2 Å². The first kappa shape index (κ1) is 47.7. The molecule has 0 unspecified atom stereocenters. The minimum Gasteiger partial charge on any atom is -0.311 e. The predicted molar refractivity (Wildman–Crippen MR) is 302 cm³/mol. The van der Waals surface area contributed by atoms with Crippen molar-refractivity contribution in [2.45, 2.75) is 195 Å². The number of aryl methyl sites for hydroxylation is 2. The van der Waals surface area contributed by atoms with Crippen molar-refractivity contribution in [2.24, 2.45) is 0 Å². The second kappa shape index (κ2) is 16.3. The Labute approximate surface area is 418 Å². The summed E-state index contributed by atoms with van der Waals surface area (Å²) in [5.41, 5.74) is 26.5. The highest BCUT2D eigenvalue weighted by atomic mass is 15.2. The van der Waals surface area contributed by atoms with Crippen LogP contribution in [0.1, 0.15) is 193 Å². The SMILES string of the molecule is CCCCC(C)(C)c1ccc(N2c3cc4c(cc3B3c5cc(C)ccc5N(c5cc6c(cc5-c5ccccc5)C(C)(C)CCC6(C)C)c5cc(C(C)(C)C)cc2c53)C(C)(C)CCC4(C)C)cc1CC. The van der Waals surface area contributed by atoms with Crippen molar-refractivity contribution in [3.8, 4) is 11.1 Å². The van der Waals surface area contributed by atoms with Gasteiger partial charge in [0.25, 0.3) is 6.71 Å². The first-order chi connectivity index (χ1) is 32.4. The summed E-state index contributed by atoms with van der Waals surface area (Å²) in [4.78, 5) is 5.46. The van der Waals surface area contributed by atoms with Crippen molar-refractivity contribution >= 4 is 57.2 Å². The smallest absolute Gasteiger partial charge is 0.252 e. The number of hydrogen-bond acceptors (Lipinski definition) is 2. The standard InChI is InChI=1S/C66H81BN2/c1-17-19-29-62(7,8)48-27-26-46(35-43(48)18-2)68-57-41-52-50(64(11,12)31-33-66(52,15)16)39-54(57)67-53-34-42(3)25-28-55(53)69(59-37-45(61(4,5)6)36-58(68)60(59)67)56-40-51-49(63(9,10)30-32-65(51,13)14)38-47(56)44-23-21-20-22-24-44/h20-28,34-41H,17-19,29-33H2,1-16H3. The lowest BCUT2D eigenvalue weighted by molar-refractivity contribution is 0.332. The van der Waals surface area contributed by atoms with Gasteiger partial charge in [-0.15, -0.1) is 0 Å². The number of benzene rings is 6. The minimum absolute atomic E-state index is 0.0413. The van der Waals surface area contributed by atoms with Gasteiger partial charge in [0.2, 0.25) is 0 Å². The third kappa shape index (κ3) is 7.74. The largest absolute Gasteiger partial charge is 0.311 e. The molecule has 0 saturated carbocycles. The van der Waals surface area contributed by atoms with Gasteiger partial charge in [0.15, 0.2) is 0 Å². The molecular weight excluding hydrogens is 832 g/mol. The molecule has 0 N–H and O–H groups in total. The monoisotopic (exact) mass is 913 g/mol. The van der Waals surface area contributed by atoms with Crippen LogP contribution in [0.5, 0.6) is 0 Å². The molecule has 4 aliphatic rings. The van der Waals surface area contributed by atoms with E-state index >= 15 is 0 Å². The van der Waals surface area contributed by atoms with Crippen molar-refractivity contribution in [3.05, 3.63) is 148 Å². The van der Waals surface area contributed by atoms with Crippen molar-refractivity contribution in [1.29, 1.82) is 0 Å². The lowest BCUT2D eigenvalue weighted by Crippen LogP contribution is -2.62. The molecule has 358 valence electrons. The number of nitrogens with zero attached hydrogens (tertiary/aromatic N) is 2. The molecule has 0 radical (unpaired) electrons. The third-order valence-corrected chi connectivity index (χ3v) is 18.0. The summed E-state index contributed by atoms with van der Waals surface area (Å²) in [6.45, 7) is 39.1. The summed E-state index contributed by atoms with van der Waals surface area (Å²) in [5.74, 6) is 0. The molecule has 6 aromatic rings. The van der Waals surface area contributed by atoms with Gasteiger partial charge in [-0.1, -0.05) is 177 Å². The number of hydrogen-bond donors (Lipinski definition) is 0. The number of anilines is 6. The highest BCUT2D eigenvalue weighted by molar-refractivity contribution is 7.00. The fourth-order valence-corrected chi connectivity index (χ4v) is 13.2. The quantitative estimate of drug-likeness (QED) is 0.140. The average Bonchev–Trinajstić information content (AvgIpc) is 3.30. The van der Waals surface area contributed by atoms with E-state index in [1.54, 1.807) is 0 Å². The molecule has 0 bridgehead atoms. The zero-order valence-corrected chi connectivity index (χ0v) is 45.4. The minimum atomic E-state index is -0.111. The summed E-state index contributed by atoms with van der Waals surface area (Å²) >= 11 is 0. The number of rotatable bonds is 8. The molecule has 0 amide bonds. The fraction of sp³-hybridized carbons (Fsp3) is 0.455. The molecular formula is C66H81BN2. The Morgan fingerprint density at radius 2 is 1.09 bits per heavy atom. The molecule has 3 heteroatoms. The number of unbranched alkanes of at least 4 members (excludes halogenated alkanes) is 1. The van der Waals surface area contributed by atoms with Gasteiger partial charge < -0.3 is 9.80 Å². The highest BCUT2D eigenvalue weighted by Crippen LogP contribution is 2.55. The lowest BCUT2D eigenvalue weighted by Gasteiger charge is -2.48. The third-order valence-electron chi connectivity index (χ3n) is 18.0. The van der Waals surface area contributed by atoms with Crippen LogP contribution in [-0.2, 0) is 38.9 Å². The molecule has 6 aromatic carbocycles. The van der Waals surface area contributed by atoms with Gasteiger partial charge >= 0.3 is 0 Å². The van der Waals surface area contributed by atoms with Crippen molar-refractivity contribution < 1.29 is 0 Å². The second-order valence-electron chi connectivity index (χ2n) is 26.3. The van der Waals surface area contributed by atoms with E-state index in [2.05, 4.69) is 224 Å². The maximum atomic E-state index is 2.73. The van der Waals surface area contributed by atoms with Gasteiger partial charge in [0, 0.05) is 34.0 Å². The van der Waals surface area contributed by atoms with Crippen LogP contribution in [-0.4, -0.2) is 6.71 Å². The summed E-state index contributed by atoms with van der Waals surface area (Å²) in [6.07, 6.45) is 9.37. The fourth-order valence-electron chi connectivity index (χ4n) is 13.2. The van der Waals surface area contributed by atoms with Gasteiger partial charge in [0.1, 0.15) is 0 Å². The zero-order valence-electron chi connectivity index (χ0n) is 45.4. The van der Waals surface area contributed by atoms with Crippen LogP contribution in [0.15, 0.2) is 103 Å². The maximum absolute atomic E-state index is 2.73. The van der Waals surface area contributed by atoms with Crippen LogP contribution in [0.4, 0.5) is 34.1 Å². The van der Waals surface area contributed by atoms with Gasteiger partial charge in [-0.3, -0.25) is 0 Å². The van der Waals surface area contributed by atoms with E-state index in [9.17, 15) is 0 Å². The molecule has 10 rings (SSSR count). The van der Waals surface area contributed by atoms with Gasteiger partial charge in [-0.25, -0.2) is 0 Å². The van der Waals surface area contributed by atoms with E-state index < -0.39 is 0 Å². The van der Waals surface area contributed by atoms with Crippen molar-refractivity contribution in [3.63, 3.8) is 0 Å². The van der Waals surface area contributed by atoms with Gasteiger partial charge in [-0.05, 0) is 187 Å². The molecule has 0 fully saturated rings. The summed E-state index contributed by atoms with van der Waals surface area (Å²) < 4.78 is 0. The van der Waals surface area contributed by atoms with Crippen molar-refractivity contribution in [2.75, 3.05) is 9.80 Å². The van der Waals surface area contributed by atoms with Crippen LogP contribution in [0.25, 0.3) is 11.1 Å². The maximum Gasteiger partial charge on any atom is 0.252 e. The molecule has 69 heavy (non-hydrogen) atoms. The molecule has 0 aromatic heterocycles. The molecule has 2 aliphatic carbocycles. The van der Waals surface area contributed by atoms with E-state index in [0.717, 1.165) is 6.42 Å². The molecule has 0 spiro atoms. The normalized spacial score (nSPS) is 18.2. The summed E-state index contributed by atoms with van der Waals surface area (Å²) in [6, 6.07) is 42.0. The number of fused-ring (bicyclic) bond motifs is 6. The molecule has 0 saturated heterocycles. The second-order valence-corrected chi connectivity index (χ2v) is 26.3. The molecule has 0 atom stereocenters. The van der Waals surface area contributed by atoms with E-state index in [1.807, 2.05) is 0 Å². The van der Waals surface area contributed by atoms with E-state index in [0.29, 0.717) is 0 Å². The summed E-state index contributed by atoms with van der Waals surface area (Å²) in [7, 11) is 0. The van der Waals surface area contributed by atoms with Crippen LogP contribution in [0.2, 0.25) is 0 Å². The average molecular weight is 913 g/mol. The Kier molecular flexibility index (Phi) is 11.2. The van der Waals surface area contributed by atoms with Crippen LogP contribution >= 0.6 is 0 Å².